The molecule has 0 amide bonds. The lowest BCUT2D eigenvalue weighted by molar-refractivity contribution is -0.157. The van der Waals surface area contributed by atoms with Gasteiger partial charge in [0, 0.05) is 13.1 Å². The molecule has 2 heteroatoms. The SMILES string of the molecule is CCCCCCON(CC)CCCCC. The Morgan fingerprint density at radius 3 is 2.07 bits per heavy atom. The molecule has 2 nitrogen and oxygen atoms in total. The molecule has 0 spiro atoms. The van der Waals surface area contributed by atoms with Crippen LogP contribution in [0, 0.1) is 0 Å². The Morgan fingerprint density at radius 1 is 0.800 bits per heavy atom. The number of rotatable bonds is 11. The Bertz CT molecular complexity index is 117. The van der Waals surface area contributed by atoms with Crippen molar-refractivity contribution < 1.29 is 4.84 Å². The van der Waals surface area contributed by atoms with E-state index in [1.54, 1.807) is 0 Å². The lowest BCUT2D eigenvalue weighted by Crippen LogP contribution is -2.25. The second kappa shape index (κ2) is 12.0. The van der Waals surface area contributed by atoms with E-state index in [-0.39, 0.29) is 0 Å². The van der Waals surface area contributed by atoms with E-state index in [2.05, 4.69) is 25.8 Å². The van der Waals surface area contributed by atoms with Crippen LogP contribution in [0.25, 0.3) is 0 Å². The fourth-order valence-corrected chi connectivity index (χ4v) is 1.57. The van der Waals surface area contributed by atoms with Gasteiger partial charge in [-0.3, -0.25) is 4.84 Å². The van der Waals surface area contributed by atoms with Crippen LogP contribution in [0.1, 0.15) is 65.7 Å². The first-order valence-electron chi connectivity index (χ1n) is 6.73. The number of unbranched alkanes of at least 4 members (excludes halogenated alkanes) is 5. The molecule has 0 aliphatic rings. The first-order chi connectivity index (χ1) is 7.35. The van der Waals surface area contributed by atoms with Gasteiger partial charge < -0.3 is 0 Å². The second-order valence-corrected chi connectivity index (χ2v) is 4.12. The fraction of sp³-hybridized carbons (Fsp3) is 1.00. The van der Waals surface area contributed by atoms with E-state index in [0.29, 0.717) is 0 Å². The van der Waals surface area contributed by atoms with Crippen LogP contribution < -0.4 is 0 Å². The zero-order valence-corrected chi connectivity index (χ0v) is 10.9. The average molecular weight is 215 g/mol. The van der Waals surface area contributed by atoms with Gasteiger partial charge >= 0.3 is 0 Å². The van der Waals surface area contributed by atoms with Gasteiger partial charge in [0.2, 0.25) is 0 Å². The number of hydrogen-bond donors (Lipinski definition) is 0. The fourth-order valence-electron chi connectivity index (χ4n) is 1.57. The van der Waals surface area contributed by atoms with Crippen LogP contribution in [0.4, 0.5) is 0 Å². The maximum atomic E-state index is 5.72. The van der Waals surface area contributed by atoms with Gasteiger partial charge in [-0.1, -0.05) is 52.9 Å². The highest BCUT2D eigenvalue weighted by molar-refractivity contribution is 4.45. The molecular formula is C13H29NO. The molecule has 0 bridgehead atoms. The summed E-state index contributed by atoms with van der Waals surface area (Å²) in [5, 5.41) is 2.11. The van der Waals surface area contributed by atoms with Gasteiger partial charge in [-0.2, -0.15) is 5.06 Å². The maximum Gasteiger partial charge on any atom is 0.0685 e. The van der Waals surface area contributed by atoms with Gasteiger partial charge in [-0.05, 0) is 12.8 Å². The lowest BCUT2D eigenvalue weighted by atomic mass is 10.2. The summed E-state index contributed by atoms with van der Waals surface area (Å²) in [5.41, 5.74) is 0. The predicted molar refractivity (Wildman–Crippen MR) is 66.9 cm³/mol. The van der Waals surface area contributed by atoms with Crippen LogP contribution in [0.2, 0.25) is 0 Å². The van der Waals surface area contributed by atoms with Crippen molar-refractivity contribution in [1.82, 2.24) is 5.06 Å². The third-order valence-corrected chi connectivity index (χ3v) is 2.64. The molecule has 0 aromatic carbocycles. The minimum absolute atomic E-state index is 0.903. The van der Waals surface area contributed by atoms with Crippen LogP contribution in [0.5, 0.6) is 0 Å². The minimum atomic E-state index is 0.903. The molecule has 0 heterocycles. The first-order valence-corrected chi connectivity index (χ1v) is 6.73. The molecule has 0 aliphatic heterocycles. The predicted octanol–water partition coefficient (Wildman–Crippen LogP) is 4.01. The third kappa shape index (κ3) is 10.2. The molecule has 0 unspecified atom stereocenters. The first kappa shape index (κ1) is 14.9. The molecule has 0 atom stereocenters. The Kier molecular flexibility index (Phi) is 11.9. The van der Waals surface area contributed by atoms with Gasteiger partial charge in [0.25, 0.3) is 0 Å². The standard InChI is InChI=1S/C13H29NO/c1-4-7-9-11-13-15-14(6-3)12-10-8-5-2/h4-13H2,1-3H3. The summed E-state index contributed by atoms with van der Waals surface area (Å²) >= 11 is 0. The Morgan fingerprint density at radius 2 is 1.47 bits per heavy atom. The summed E-state index contributed by atoms with van der Waals surface area (Å²) in [6.45, 7) is 9.65. The Balaban J connectivity index is 3.28. The van der Waals surface area contributed by atoms with Crippen molar-refractivity contribution in [3.05, 3.63) is 0 Å². The van der Waals surface area contributed by atoms with Crippen molar-refractivity contribution >= 4 is 0 Å². The van der Waals surface area contributed by atoms with Crippen LogP contribution in [-0.4, -0.2) is 24.8 Å². The van der Waals surface area contributed by atoms with Crippen molar-refractivity contribution in [2.24, 2.45) is 0 Å². The van der Waals surface area contributed by atoms with Gasteiger partial charge in [0.15, 0.2) is 0 Å². The molecule has 0 radical (unpaired) electrons. The summed E-state index contributed by atoms with van der Waals surface area (Å²) in [5.74, 6) is 0. The zero-order chi connectivity index (χ0) is 11.4. The monoisotopic (exact) mass is 215 g/mol. The molecule has 0 saturated carbocycles. The van der Waals surface area contributed by atoms with Crippen molar-refractivity contribution in [2.45, 2.75) is 65.7 Å². The van der Waals surface area contributed by atoms with Gasteiger partial charge in [-0.15, -0.1) is 0 Å². The third-order valence-electron chi connectivity index (χ3n) is 2.64. The molecular weight excluding hydrogens is 186 g/mol. The van der Waals surface area contributed by atoms with Crippen LogP contribution in [0.15, 0.2) is 0 Å². The van der Waals surface area contributed by atoms with Gasteiger partial charge in [-0.25, -0.2) is 0 Å². The molecule has 0 rings (SSSR count). The minimum Gasteiger partial charge on any atom is -0.299 e. The molecule has 0 saturated heterocycles. The molecule has 15 heavy (non-hydrogen) atoms. The average Bonchev–Trinajstić information content (AvgIpc) is 2.26. The summed E-state index contributed by atoms with van der Waals surface area (Å²) in [6, 6.07) is 0. The van der Waals surface area contributed by atoms with Gasteiger partial charge in [0.05, 0.1) is 6.61 Å². The maximum absolute atomic E-state index is 5.72. The van der Waals surface area contributed by atoms with Crippen molar-refractivity contribution in [1.29, 1.82) is 0 Å². The van der Waals surface area contributed by atoms with E-state index in [1.165, 1.54) is 44.9 Å². The van der Waals surface area contributed by atoms with E-state index in [4.69, 9.17) is 4.84 Å². The van der Waals surface area contributed by atoms with Crippen molar-refractivity contribution in [3.8, 4) is 0 Å². The summed E-state index contributed by atoms with van der Waals surface area (Å²) < 4.78 is 0. The van der Waals surface area contributed by atoms with E-state index in [9.17, 15) is 0 Å². The summed E-state index contributed by atoms with van der Waals surface area (Å²) in [7, 11) is 0. The van der Waals surface area contributed by atoms with Crippen molar-refractivity contribution in [2.75, 3.05) is 19.7 Å². The Hall–Kier alpha value is -0.0800. The highest BCUT2D eigenvalue weighted by atomic mass is 16.7. The quantitative estimate of drug-likeness (QED) is 0.381. The largest absolute Gasteiger partial charge is 0.299 e. The van der Waals surface area contributed by atoms with Crippen LogP contribution in [-0.2, 0) is 4.84 Å². The molecule has 92 valence electrons. The number of hydroxylamine groups is 2. The van der Waals surface area contributed by atoms with Crippen LogP contribution >= 0.6 is 0 Å². The second-order valence-electron chi connectivity index (χ2n) is 4.12. The number of nitrogens with zero attached hydrogens (tertiary/aromatic N) is 1. The van der Waals surface area contributed by atoms with Gasteiger partial charge in [0.1, 0.15) is 0 Å². The van der Waals surface area contributed by atoms with Crippen LogP contribution in [0.3, 0.4) is 0 Å². The zero-order valence-electron chi connectivity index (χ0n) is 10.9. The molecule has 0 aliphatic carbocycles. The lowest BCUT2D eigenvalue weighted by Gasteiger charge is -2.19. The van der Waals surface area contributed by atoms with E-state index >= 15 is 0 Å². The molecule has 0 aromatic heterocycles. The molecule has 0 N–H and O–H groups in total. The van der Waals surface area contributed by atoms with Crippen molar-refractivity contribution in [3.63, 3.8) is 0 Å². The highest BCUT2D eigenvalue weighted by Gasteiger charge is 2.01. The van der Waals surface area contributed by atoms with E-state index < -0.39 is 0 Å². The summed E-state index contributed by atoms with van der Waals surface area (Å²) in [4.78, 5) is 5.72. The Labute approximate surface area is 95.9 Å². The molecule has 0 fully saturated rings. The summed E-state index contributed by atoms with van der Waals surface area (Å²) in [6.07, 6.45) is 9.02. The topological polar surface area (TPSA) is 12.5 Å². The smallest absolute Gasteiger partial charge is 0.0685 e. The number of hydrogen-bond acceptors (Lipinski definition) is 2. The van der Waals surface area contributed by atoms with E-state index in [0.717, 1.165) is 19.7 Å². The highest BCUT2D eigenvalue weighted by Crippen LogP contribution is 2.02. The normalized spacial score (nSPS) is 11.2. The molecule has 0 aromatic rings. The van der Waals surface area contributed by atoms with E-state index in [1.807, 2.05) is 0 Å².